The summed E-state index contributed by atoms with van der Waals surface area (Å²) in [6.45, 7) is 0. The second-order valence-electron chi connectivity index (χ2n) is 7.80. The smallest absolute Gasteiger partial charge is 0.403 e. The Labute approximate surface area is 141 Å². The molecule has 0 bridgehead atoms. The first-order valence-electron chi connectivity index (χ1n) is 9.72. The predicted molar refractivity (Wildman–Crippen MR) is 94.5 cm³/mol. The molecule has 3 heteroatoms. The fourth-order valence-corrected chi connectivity index (χ4v) is 5.18. The SMILES string of the molecule is c1ccc(CCB2OC3(CCCCC3)C3(CCCCC3)O2)cc1. The molecule has 0 unspecified atom stereocenters. The average Bonchev–Trinajstić information content (AvgIpc) is 2.88. The summed E-state index contributed by atoms with van der Waals surface area (Å²) in [4.78, 5) is 0. The monoisotopic (exact) mass is 312 g/mol. The second-order valence-corrected chi connectivity index (χ2v) is 7.80. The normalized spacial score (nSPS) is 26.0. The molecular weight excluding hydrogens is 283 g/mol. The van der Waals surface area contributed by atoms with Gasteiger partial charge in [-0.2, -0.15) is 0 Å². The van der Waals surface area contributed by atoms with Crippen molar-refractivity contribution < 1.29 is 9.31 Å². The number of hydrogen-bond acceptors (Lipinski definition) is 2. The standard InChI is InChI=1S/C20H29BO2/c1-4-10-18(11-5-1)12-17-21-22-19(13-6-2-7-14-19)20(23-21)15-8-3-9-16-20/h1,4-5,10-11H,2-3,6-9,12-17H2. The molecule has 0 amide bonds. The summed E-state index contributed by atoms with van der Waals surface area (Å²) in [5.74, 6) is 0. The molecule has 1 aromatic carbocycles. The highest BCUT2D eigenvalue weighted by Gasteiger charge is 2.60. The van der Waals surface area contributed by atoms with Gasteiger partial charge in [0.1, 0.15) is 0 Å². The number of benzene rings is 1. The third kappa shape index (κ3) is 2.98. The summed E-state index contributed by atoms with van der Waals surface area (Å²) in [6, 6.07) is 10.7. The minimum atomic E-state index is 0.00593. The largest absolute Gasteiger partial charge is 0.458 e. The molecule has 3 aliphatic rings. The third-order valence-electron chi connectivity index (χ3n) is 6.38. The topological polar surface area (TPSA) is 18.5 Å². The van der Waals surface area contributed by atoms with Gasteiger partial charge in [0.15, 0.2) is 0 Å². The van der Waals surface area contributed by atoms with Crippen molar-refractivity contribution in [2.45, 2.75) is 88.2 Å². The number of fused-ring (bicyclic) bond motifs is 1. The third-order valence-corrected chi connectivity index (χ3v) is 6.38. The van der Waals surface area contributed by atoms with Gasteiger partial charge < -0.3 is 9.31 Å². The highest BCUT2D eigenvalue weighted by molar-refractivity contribution is 6.45. The van der Waals surface area contributed by atoms with E-state index in [1.54, 1.807) is 0 Å². The summed E-state index contributed by atoms with van der Waals surface area (Å²) in [7, 11) is 0.00593. The molecule has 1 aromatic rings. The van der Waals surface area contributed by atoms with Gasteiger partial charge >= 0.3 is 7.12 Å². The molecule has 0 N–H and O–H groups in total. The van der Waals surface area contributed by atoms with Crippen LogP contribution in [-0.2, 0) is 15.7 Å². The van der Waals surface area contributed by atoms with E-state index in [0.717, 1.165) is 12.7 Å². The predicted octanol–water partition coefficient (Wildman–Crippen LogP) is 5.17. The summed E-state index contributed by atoms with van der Waals surface area (Å²) in [6.07, 6.45) is 14.9. The van der Waals surface area contributed by atoms with Gasteiger partial charge in [0.2, 0.25) is 0 Å². The number of hydrogen-bond donors (Lipinski definition) is 0. The molecular formula is C20H29BO2. The molecule has 2 spiro atoms. The second kappa shape index (κ2) is 6.60. The molecule has 2 nitrogen and oxygen atoms in total. The zero-order valence-corrected chi connectivity index (χ0v) is 14.3. The van der Waals surface area contributed by atoms with Crippen LogP contribution in [0.4, 0.5) is 0 Å². The van der Waals surface area contributed by atoms with Gasteiger partial charge in [0.25, 0.3) is 0 Å². The van der Waals surface area contributed by atoms with Gasteiger partial charge in [-0.15, -0.1) is 0 Å². The Morgan fingerprint density at radius 3 is 1.78 bits per heavy atom. The van der Waals surface area contributed by atoms with Crippen molar-refractivity contribution >= 4 is 7.12 Å². The quantitative estimate of drug-likeness (QED) is 0.717. The first-order chi connectivity index (χ1) is 11.3. The molecule has 23 heavy (non-hydrogen) atoms. The molecule has 124 valence electrons. The van der Waals surface area contributed by atoms with Crippen LogP contribution in [0.3, 0.4) is 0 Å². The van der Waals surface area contributed by atoms with Crippen LogP contribution in [0.2, 0.25) is 6.32 Å². The zero-order valence-electron chi connectivity index (χ0n) is 14.3. The maximum Gasteiger partial charge on any atom is 0.458 e. The molecule has 0 atom stereocenters. The molecule has 1 saturated heterocycles. The van der Waals surface area contributed by atoms with Gasteiger partial charge in [0, 0.05) is 0 Å². The number of rotatable bonds is 3. The molecule has 0 radical (unpaired) electrons. The molecule has 1 heterocycles. The van der Waals surface area contributed by atoms with Crippen molar-refractivity contribution in [3.05, 3.63) is 35.9 Å². The lowest BCUT2D eigenvalue weighted by molar-refractivity contribution is -0.0923. The highest BCUT2D eigenvalue weighted by Crippen LogP contribution is 2.54. The highest BCUT2D eigenvalue weighted by atomic mass is 16.7. The zero-order chi connectivity index (χ0) is 15.6. The van der Waals surface area contributed by atoms with Crippen LogP contribution in [0, 0.1) is 0 Å². The Hall–Kier alpha value is -0.795. The Morgan fingerprint density at radius 2 is 1.26 bits per heavy atom. The van der Waals surface area contributed by atoms with Crippen molar-refractivity contribution in [3.8, 4) is 0 Å². The van der Waals surface area contributed by atoms with Gasteiger partial charge in [-0.25, -0.2) is 0 Å². The number of aryl methyl sites for hydroxylation is 1. The molecule has 0 aromatic heterocycles. The Bertz CT molecular complexity index is 478. The summed E-state index contributed by atoms with van der Waals surface area (Å²) >= 11 is 0. The van der Waals surface area contributed by atoms with Crippen LogP contribution < -0.4 is 0 Å². The summed E-state index contributed by atoms with van der Waals surface area (Å²) in [5, 5.41) is 0. The fraction of sp³-hybridized carbons (Fsp3) is 0.700. The molecule has 1 aliphatic heterocycles. The fourth-order valence-electron chi connectivity index (χ4n) is 5.18. The lowest BCUT2D eigenvalue weighted by atomic mass is 9.66. The van der Waals surface area contributed by atoms with Gasteiger partial charge in [-0.3, -0.25) is 0 Å². The van der Waals surface area contributed by atoms with Crippen LogP contribution in [0.5, 0.6) is 0 Å². The van der Waals surface area contributed by atoms with E-state index in [0.29, 0.717) is 0 Å². The summed E-state index contributed by atoms with van der Waals surface area (Å²) in [5.41, 5.74) is 1.46. The van der Waals surface area contributed by atoms with Crippen molar-refractivity contribution in [2.24, 2.45) is 0 Å². The lowest BCUT2D eigenvalue weighted by Crippen LogP contribution is -2.53. The first-order valence-corrected chi connectivity index (χ1v) is 9.72. The van der Waals surface area contributed by atoms with E-state index in [1.165, 1.54) is 69.8 Å². The molecule has 4 rings (SSSR count). The van der Waals surface area contributed by atoms with E-state index in [4.69, 9.17) is 9.31 Å². The Balaban J connectivity index is 1.48. The van der Waals surface area contributed by atoms with Crippen LogP contribution in [0.15, 0.2) is 30.3 Å². The molecule has 2 aliphatic carbocycles. The maximum absolute atomic E-state index is 6.68. The van der Waals surface area contributed by atoms with E-state index >= 15 is 0 Å². The molecule has 3 fully saturated rings. The van der Waals surface area contributed by atoms with E-state index in [1.807, 2.05) is 0 Å². The van der Waals surface area contributed by atoms with E-state index in [9.17, 15) is 0 Å². The van der Waals surface area contributed by atoms with Crippen molar-refractivity contribution in [1.29, 1.82) is 0 Å². The Morgan fingerprint density at radius 1 is 0.739 bits per heavy atom. The first kappa shape index (κ1) is 15.7. The average molecular weight is 312 g/mol. The van der Waals surface area contributed by atoms with E-state index < -0.39 is 0 Å². The van der Waals surface area contributed by atoms with Gasteiger partial charge in [0.05, 0.1) is 11.2 Å². The Kier molecular flexibility index (Phi) is 4.51. The molecule has 2 saturated carbocycles. The van der Waals surface area contributed by atoms with E-state index in [2.05, 4.69) is 30.3 Å². The van der Waals surface area contributed by atoms with Gasteiger partial charge in [-0.1, -0.05) is 68.9 Å². The van der Waals surface area contributed by atoms with Crippen LogP contribution in [-0.4, -0.2) is 18.3 Å². The van der Waals surface area contributed by atoms with Crippen LogP contribution in [0.1, 0.15) is 69.8 Å². The van der Waals surface area contributed by atoms with Crippen molar-refractivity contribution in [1.82, 2.24) is 0 Å². The van der Waals surface area contributed by atoms with Crippen molar-refractivity contribution in [2.75, 3.05) is 0 Å². The van der Waals surface area contributed by atoms with Gasteiger partial charge in [-0.05, 0) is 44.0 Å². The van der Waals surface area contributed by atoms with Crippen LogP contribution >= 0.6 is 0 Å². The van der Waals surface area contributed by atoms with Crippen LogP contribution in [0.25, 0.3) is 0 Å². The lowest BCUT2D eigenvalue weighted by Gasteiger charge is -2.48. The maximum atomic E-state index is 6.68. The van der Waals surface area contributed by atoms with E-state index in [-0.39, 0.29) is 18.3 Å². The minimum Gasteiger partial charge on any atom is -0.403 e. The van der Waals surface area contributed by atoms with Crippen molar-refractivity contribution in [3.63, 3.8) is 0 Å². The minimum absolute atomic E-state index is 0.00593. The summed E-state index contributed by atoms with van der Waals surface area (Å²) < 4.78 is 13.4.